The summed E-state index contributed by atoms with van der Waals surface area (Å²) >= 11 is 0. The Balaban J connectivity index is 1.85. The Morgan fingerprint density at radius 2 is 1.90 bits per heavy atom. The Morgan fingerprint density at radius 3 is 2.48 bits per heavy atom. The van der Waals surface area contributed by atoms with Crippen LogP contribution in [0.15, 0.2) is 24.3 Å². The summed E-state index contributed by atoms with van der Waals surface area (Å²) in [5, 5.41) is 9.46. The van der Waals surface area contributed by atoms with E-state index >= 15 is 0 Å². The Bertz CT molecular complexity index is 568. The lowest BCUT2D eigenvalue weighted by molar-refractivity contribution is -0.143. The molecule has 1 saturated carbocycles. The van der Waals surface area contributed by atoms with Crippen LogP contribution in [0.3, 0.4) is 0 Å². The van der Waals surface area contributed by atoms with E-state index in [0.29, 0.717) is 13.0 Å². The van der Waals surface area contributed by atoms with Crippen molar-refractivity contribution in [3.63, 3.8) is 0 Å². The van der Waals surface area contributed by atoms with Gasteiger partial charge in [-0.1, -0.05) is 24.3 Å². The summed E-state index contributed by atoms with van der Waals surface area (Å²) in [6.07, 6.45) is 3.57. The fourth-order valence-electron chi connectivity index (χ4n) is 3.08. The Kier molecular flexibility index (Phi) is 3.57. The van der Waals surface area contributed by atoms with E-state index in [0.717, 1.165) is 30.4 Å². The third-order valence-electron chi connectivity index (χ3n) is 4.70. The lowest BCUT2D eigenvalue weighted by Gasteiger charge is -2.41. The van der Waals surface area contributed by atoms with Crippen LogP contribution in [0.1, 0.15) is 30.4 Å². The minimum atomic E-state index is -0.931. The minimum Gasteiger partial charge on any atom is -0.480 e. The van der Waals surface area contributed by atoms with Gasteiger partial charge in [0, 0.05) is 26.1 Å². The van der Waals surface area contributed by atoms with Crippen LogP contribution in [0.2, 0.25) is 0 Å². The summed E-state index contributed by atoms with van der Waals surface area (Å²) in [4.78, 5) is 27.4. The maximum absolute atomic E-state index is 12.6. The van der Waals surface area contributed by atoms with Crippen LogP contribution in [-0.2, 0) is 17.8 Å². The second-order valence-electron chi connectivity index (χ2n) is 5.93. The SMILES string of the molecule is CN(C(=O)N1Cc2ccccc2C[C@H]1C(=O)O)C1CCC1. The van der Waals surface area contributed by atoms with Gasteiger partial charge in [0.25, 0.3) is 0 Å². The van der Waals surface area contributed by atoms with Gasteiger partial charge in [0.2, 0.25) is 0 Å². The summed E-state index contributed by atoms with van der Waals surface area (Å²) in [5.74, 6) is -0.931. The summed E-state index contributed by atoms with van der Waals surface area (Å²) in [5.41, 5.74) is 2.07. The lowest BCUT2D eigenvalue weighted by Crippen LogP contribution is -2.55. The van der Waals surface area contributed by atoms with E-state index in [9.17, 15) is 14.7 Å². The standard InChI is InChI=1S/C16H20N2O3/c1-17(13-7-4-8-13)16(21)18-10-12-6-3-2-5-11(12)9-14(18)15(19)20/h2-3,5-6,13-14H,4,7-10H2,1H3,(H,19,20)/t14-/m0/s1. The smallest absolute Gasteiger partial charge is 0.326 e. The van der Waals surface area contributed by atoms with Gasteiger partial charge in [-0.25, -0.2) is 9.59 Å². The molecule has 1 atom stereocenters. The van der Waals surface area contributed by atoms with Crippen molar-refractivity contribution in [2.75, 3.05) is 7.05 Å². The number of carbonyl (C=O) groups is 2. The average Bonchev–Trinajstić information content (AvgIpc) is 2.43. The van der Waals surface area contributed by atoms with Gasteiger partial charge < -0.3 is 14.9 Å². The molecule has 1 aliphatic heterocycles. The van der Waals surface area contributed by atoms with Crippen molar-refractivity contribution in [1.29, 1.82) is 0 Å². The molecular formula is C16H20N2O3. The fourth-order valence-corrected chi connectivity index (χ4v) is 3.08. The highest BCUT2D eigenvalue weighted by atomic mass is 16.4. The Morgan fingerprint density at radius 1 is 1.24 bits per heavy atom. The number of amides is 2. The number of carboxylic acids is 1. The largest absolute Gasteiger partial charge is 0.480 e. The molecule has 5 nitrogen and oxygen atoms in total. The molecule has 1 fully saturated rings. The summed E-state index contributed by atoms with van der Waals surface area (Å²) in [6.45, 7) is 0.378. The first-order chi connectivity index (χ1) is 10.1. The van der Waals surface area contributed by atoms with Crippen LogP contribution in [0, 0.1) is 0 Å². The highest BCUT2D eigenvalue weighted by Gasteiger charge is 2.38. The Hall–Kier alpha value is -2.04. The van der Waals surface area contributed by atoms with Gasteiger partial charge in [-0.3, -0.25) is 0 Å². The van der Waals surface area contributed by atoms with Crippen LogP contribution in [-0.4, -0.2) is 46.0 Å². The number of carboxylic acid groups (broad SMARTS) is 1. The zero-order valence-electron chi connectivity index (χ0n) is 12.2. The van der Waals surface area contributed by atoms with E-state index in [2.05, 4.69) is 0 Å². The van der Waals surface area contributed by atoms with Crippen molar-refractivity contribution in [1.82, 2.24) is 9.80 Å². The third-order valence-corrected chi connectivity index (χ3v) is 4.70. The van der Waals surface area contributed by atoms with Crippen molar-refractivity contribution in [3.8, 4) is 0 Å². The molecule has 21 heavy (non-hydrogen) atoms. The molecule has 0 saturated heterocycles. The van der Waals surface area contributed by atoms with Crippen molar-refractivity contribution in [3.05, 3.63) is 35.4 Å². The molecule has 0 bridgehead atoms. The van der Waals surface area contributed by atoms with Crippen molar-refractivity contribution >= 4 is 12.0 Å². The third kappa shape index (κ3) is 2.48. The monoisotopic (exact) mass is 288 g/mol. The van der Waals surface area contributed by atoms with Gasteiger partial charge in [-0.15, -0.1) is 0 Å². The van der Waals surface area contributed by atoms with Gasteiger partial charge in [-0.2, -0.15) is 0 Å². The van der Waals surface area contributed by atoms with Gasteiger partial charge in [-0.05, 0) is 30.4 Å². The van der Waals surface area contributed by atoms with Gasteiger partial charge >= 0.3 is 12.0 Å². The Labute approximate surface area is 124 Å². The molecule has 1 N–H and O–H groups in total. The fraction of sp³-hybridized carbons (Fsp3) is 0.500. The second kappa shape index (κ2) is 5.39. The molecule has 1 heterocycles. The van der Waals surface area contributed by atoms with Crippen LogP contribution >= 0.6 is 0 Å². The van der Waals surface area contributed by atoms with E-state index < -0.39 is 12.0 Å². The molecule has 2 aliphatic rings. The first-order valence-electron chi connectivity index (χ1n) is 7.41. The van der Waals surface area contributed by atoms with Crippen molar-refractivity contribution in [2.24, 2.45) is 0 Å². The minimum absolute atomic E-state index is 0.165. The van der Waals surface area contributed by atoms with Crippen LogP contribution in [0.5, 0.6) is 0 Å². The number of carbonyl (C=O) groups excluding carboxylic acids is 1. The van der Waals surface area contributed by atoms with Gasteiger partial charge in [0.1, 0.15) is 6.04 Å². The number of nitrogens with zero attached hydrogens (tertiary/aromatic N) is 2. The van der Waals surface area contributed by atoms with E-state index in [1.165, 1.54) is 4.90 Å². The van der Waals surface area contributed by atoms with E-state index in [1.54, 1.807) is 11.9 Å². The highest BCUT2D eigenvalue weighted by molar-refractivity contribution is 5.83. The summed E-state index contributed by atoms with van der Waals surface area (Å²) in [6, 6.07) is 7.09. The maximum Gasteiger partial charge on any atom is 0.326 e. The van der Waals surface area contributed by atoms with Crippen LogP contribution in [0.4, 0.5) is 4.79 Å². The predicted octanol–water partition coefficient (Wildman–Crippen LogP) is 2.10. The van der Waals surface area contributed by atoms with E-state index in [-0.39, 0.29) is 12.1 Å². The number of urea groups is 1. The molecule has 112 valence electrons. The number of rotatable bonds is 2. The highest BCUT2D eigenvalue weighted by Crippen LogP contribution is 2.28. The molecular weight excluding hydrogens is 268 g/mol. The first kappa shape index (κ1) is 13.9. The molecule has 2 amide bonds. The average molecular weight is 288 g/mol. The zero-order valence-corrected chi connectivity index (χ0v) is 12.2. The number of fused-ring (bicyclic) bond motifs is 1. The van der Waals surface area contributed by atoms with E-state index in [1.807, 2.05) is 24.3 Å². The summed E-state index contributed by atoms with van der Waals surface area (Å²) < 4.78 is 0. The first-order valence-corrected chi connectivity index (χ1v) is 7.41. The quantitative estimate of drug-likeness (QED) is 0.906. The normalized spacial score (nSPS) is 21.4. The lowest BCUT2D eigenvalue weighted by atomic mass is 9.91. The van der Waals surface area contributed by atoms with Crippen molar-refractivity contribution < 1.29 is 14.7 Å². The molecule has 0 unspecified atom stereocenters. The number of benzene rings is 1. The maximum atomic E-state index is 12.6. The van der Waals surface area contributed by atoms with E-state index in [4.69, 9.17) is 0 Å². The van der Waals surface area contributed by atoms with Gasteiger partial charge in [0.05, 0.1) is 0 Å². The number of aliphatic carboxylic acids is 1. The molecule has 5 heteroatoms. The second-order valence-corrected chi connectivity index (χ2v) is 5.93. The number of hydrogen-bond acceptors (Lipinski definition) is 2. The van der Waals surface area contributed by atoms with Crippen LogP contribution in [0.25, 0.3) is 0 Å². The van der Waals surface area contributed by atoms with Crippen LogP contribution < -0.4 is 0 Å². The number of hydrogen-bond donors (Lipinski definition) is 1. The molecule has 0 radical (unpaired) electrons. The molecule has 0 aromatic heterocycles. The molecule has 1 aromatic rings. The molecule has 1 aliphatic carbocycles. The van der Waals surface area contributed by atoms with Gasteiger partial charge in [0.15, 0.2) is 0 Å². The molecule has 3 rings (SSSR count). The molecule has 1 aromatic carbocycles. The topological polar surface area (TPSA) is 60.9 Å². The van der Waals surface area contributed by atoms with Crippen molar-refractivity contribution in [2.45, 2.75) is 44.3 Å². The summed E-state index contributed by atoms with van der Waals surface area (Å²) in [7, 11) is 1.78. The zero-order chi connectivity index (χ0) is 15.0. The molecule has 0 spiro atoms. The predicted molar refractivity (Wildman–Crippen MR) is 77.9 cm³/mol.